The molecule has 1 unspecified atom stereocenters. The Bertz CT molecular complexity index is 645. The van der Waals surface area contributed by atoms with Gasteiger partial charge in [-0.3, -0.25) is 0 Å². The van der Waals surface area contributed by atoms with E-state index < -0.39 is 17.8 Å². The molecule has 0 aromatic heterocycles. The highest BCUT2D eigenvalue weighted by atomic mass is 19.4. The minimum Gasteiger partial charge on any atom is -0.391 e. The van der Waals surface area contributed by atoms with Crippen LogP contribution >= 0.6 is 0 Å². The molecule has 7 heteroatoms. The first kappa shape index (κ1) is 18.1. The van der Waals surface area contributed by atoms with Gasteiger partial charge in [-0.05, 0) is 37.0 Å². The first-order valence-electron chi connectivity index (χ1n) is 7.60. The number of benzene rings is 1. The van der Waals surface area contributed by atoms with Crippen LogP contribution in [0.15, 0.2) is 24.3 Å². The second-order valence-electron chi connectivity index (χ2n) is 5.82. The maximum atomic E-state index is 12.6. The van der Waals surface area contributed by atoms with Gasteiger partial charge in [0.25, 0.3) is 0 Å². The minimum atomic E-state index is -4.41. The zero-order valence-corrected chi connectivity index (χ0v) is 13.2. The number of nitrogens with one attached hydrogen (secondary N) is 1. The van der Waals surface area contributed by atoms with Crippen LogP contribution in [0.25, 0.3) is 0 Å². The summed E-state index contributed by atoms with van der Waals surface area (Å²) in [6, 6.07) is 4.33. The second kappa shape index (κ2) is 7.58. The monoisotopic (exact) mass is 340 g/mol. The second-order valence-corrected chi connectivity index (χ2v) is 5.82. The summed E-state index contributed by atoms with van der Waals surface area (Å²) in [4.78, 5) is 13.2. The van der Waals surface area contributed by atoms with Crippen molar-refractivity contribution in [2.24, 2.45) is 5.92 Å². The standard InChI is InChI=1S/C17H19F3N2O2/c1-22(11-15(23)13-7-8-13)16(24)21-9-3-5-12-4-2-6-14(10-12)17(18,19)20/h2,4,6,10,13,15,23H,7-9,11H2,1H3,(H,21,24). The smallest absolute Gasteiger partial charge is 0.391 e. The number of rotatable bonds is 4. The van der Waals surface area contributed by atoms with E-state index in [0.29, 0.717) is 0 Å². The summed E-state index contributed by atoms with van der Waals surface area (Å²) >= 11 is 0. The van der Waals surface area contributed by atoms with E-state index in [1.807, 2.05) is 0 Å². The third-order valence-corrected chi connectivity index (χ3v) is 3.72. The van der Waals surface area contributed by atoms with Crippen molar-refractivity contribution in [1.82, 2.24) is 10.2 Å². The molecule has 0 saturated heterocycles. The zero-order chi connectivity index (χ0) is 17.7. The quantitative estimate of drug-likeness (QED) is 0.828. The molecule has 1 saturated carbocycles. The number of nitrogens with zero attached hydrogens (tertiary/aromatic N) is 1. The summed E-state index contributed by atoms with van der Waals surface area (Å²) in [6.45, 7) is 0.260. The molecule has 2 rings (SSSR count). The van der Waals surface area contributed by atoms with Gasteiger partial charge in [0.1, 0.15) is 0 Å². The number of aliphatic hydroxyl groups excluding tert-OH is 1. The molecular formula is C17H19F3N2O2. The van der Waals surface area contributed by atoms with Gasteiger partial charge in [-0.1, -0.05) is 17.9 Å². The lowest BCUT2D eigenvalue weighted by Gasteiger charge is -2.20. The van der Waals surface area contributed by atoms with Gasteiger partial charge >= 0.3 is 12.2 Å². The topological polar surface area (TPSA) is 52.6 Å². The van der Waals surface area contributed by atoms with Crippen molar-refractivity contribution in [1.29, 1.82) is 0 Å². The average Bonchev–Trinajstić information content (AvgIpc) is 3.35. The molecule has 1 atom stereocenters. The molecule has 0 heterocycles. The molecular weight excluding hydrogens is 321 g/mol. The maximum Gasteiger partial charge on any atom is 0.416 e. The van der Waals surface area contributed by atoms with Gasteiger partial charge in [-0.2, -0.15) is 13.2 Å². The summed E-state index contributed by atoms with van der Waals surface area (Å²) in [5.41, 5.74) is -0.524. The number of amides is 2. The van der Waals surface area contributed by atoms with Crippen LogP contribution < -0.4 is 5.32 Å². The number of likely N-dealkylation sites (N-methyl/N-ethyl adjacent to an activating group) is 1. The molecule has 2 N–H and O–H groups in total. The van der Waals surface area contributed by atoms with Crippen LogP contribution in [0.1, 0.15) is 24.0 Å². The molecule has 2 amide bonds. The van der Waals surface area contributed by atoms with Crippen molar-refractivity contribution in [2.75, 3.05) is 20.1 Å². The number of carbonyl (C=O) groups excluding carboxylic acids is 1. The number of urea groups is 1. The van der Waals surface area contributed by atoms with E-state index in [4.69, 9.17) is 0 Å². The molecule has 0 aliphatic heterocycles. The van der Waals surface area contributed by atoms with Crippen LogP contribution in [0, 0.1) is 17.8 Å². The Kier molecular flexibility index (Phi) is 5.73. The lowest BCUT2D eigenvalue weighted by Crippen LogP contribution is -2.41. The van der Waals surface area contributed by atoms with Crippen LogP contribution in [-0.4, -0.2) is 42.3 Å². The van der Waals surface area contributed by atoms with E-state index in [1.165, 1.54) is 17.0 Å². The molecule has 1 fully saturated rings. The fourth-order valence-corrected chi connectivity index (χ4v) is 2.17. The fourth-order valence-electron chi connectivity index (χ4n) is 2.17. The van der Waals surface area contributed by atoms with Gasteiger partial charge in [-0.25, -0.2) is 4.79 Å². The maximum absolute atomic E-state index is 12.6. The lowest BCUT2D eigenvalue weighted by atomic mass is 10.1. The summed E-state index contributed by atoms with van der Waals surface area (Å²) < 4.78 is 37.8. The molecule has 0 spiro atoms. The highest BCUT2D eigenvalue weighted by molar-refractivity contribution is 5.74. The van der Waals surface area contributed by atoms with Crippen molar-refractivity contribution in [3.05, 3.63) is 35.4 Å². The van der Waals surface area contributed by atoms with Crippen LogP contribution in [0.5, 0.6) is 0 Å². The predicted molar refractivity (Wildman–Crippen MR) is 83.1 cm³/mol. The molecule has 24 heavy (non-hydrogen) atoms. The molecule has 0 radical (unpaired) electrons. The normalized spacial score (nSPS) is 15.2. The molecule has 4 nitrogen and oxygen atoms in total. The summed E-state index contributed by atoms with van der Waals surface area (Å²) in [5, 5.41) is 12.3. The van der Waals surface area contributed by atoms with Crippen LogP contribution in [0.4, 0.5) is 18.0 Å². The van der Waals surface area contributed by atoms with Gasteiger partial charge in [0, 0.05) is 19.2 Å². The molecule has 130 valence electrons. The van der Waals surface area contributed by atoms with Gasteiger partial charge in [0.15, 0.2) is 0 Å². The SMILES string of the molecule is CN(CC(O)C1CC1)C(=O)NCC#Cc1cccc(C(F)(F)F)c1. The molecule has 1 aromatic rings. The van der Waals surface area contributed by atoms with Crippen molar-refractivity contribution in [3.63, 3.8) is 0 Å². The molecule has 1 aliphatic carbocycles. The Morgan fingerprint density at radius 3 is 2.79 bits per heavy atom. The van der Waals surface area contributed by atoms with Crippen molar-refractivity contribution >= 4 is 6.03 Å². The highest BCUT2D eigenvalue weighted by Gasteiger charge is 2.31. The third kappa shape index (κ3) is 5.46. The van der Waals surface area contributed by atoms with Crippen molar-refractivity contribution in [3.8, 4) is 11.8 Å². The lowest BCUT2D eigenvalue weighted by molar-refractivity contribution is -0.137. The van der Waals surface area contributed by atoms with Gasteiger partial charge in [0.05, 0.1) is 18.2 Å². The highest BCUT2D eigenvalue weighted by Crippen LogP contribution is 2.32. The summed E-state index contributed by atoms with van der Waals surface area (Å²) in [5.74, 6) is 5.48. The summed E-state index contributed by atoms with van der Waals surface area (Å²) in [7, 11) is 1.57. The van der Waals surface area contributed by atoms with E-state index >= 15 is 0 Å². The van der Waals surface area contributed by atoms with Crippen molar-refractivity contribution < 1.29 is 23.1 Å². The van der Waals surface area contributed by atoms with Crippen LogP contribution in [-0.2, 0) is 6.18 Å². The largest absolute Gasteiger partial charge is 0.416 e. The first-order chi connectivity index (χ1) is 11.3. The number of alkyl halides is 3. The number of halogens is 3. The van der Waals surface area contributed by atoms with E-state index in [2.05, 4.69) is 17.2 Å². The summed E-state index contributed by atoms with van der Waals surface area (Å²) in [6.07, 6.45) is -2.95. The van der Waals surface area contributed by atoms with Gasteiger partial charge in [-0.15, -0.1) is 0 Å². The fraction of sp³-hybridized carbons (Fsp3) is 0.471. The number of hydrogen-bond acceptors (Lipinski definition) is 2. The van der Waals surface area contributed by atoms with E-state index in [1.54, 1.807) is 7.05 Å². The Hall–Kier alpha value is -2.20. The molecule has 1 aromatic carbocycles. The van der Waals surface area contributed by atoms with E-state index in [0.717, 1.165) is 25.0 Å². The van der Waals surface area contributed by atoms with Gasteiger partial charge in [0.2, 0.25) is 0 Å². The molecule has 1 aliphatic rings. The molecule has 0 bridgehead atoms. The first-order valence-corrected chi connectivity index (χ1v) is 7.60. The Balaban J connectivity index is 1.81. The number of hydrogen-bond donors (Lipinski definition) is 2. The van der Waals surface area contributed by atoms with Crippen molar-refractivity contribution in [2.45, 2.75) is 25.1 Å². The van der Waals surface area contributed by atoms with Crippen LogP contribution in [0.3, 0.4) is 0 Å². The Morgan fingerprint density at radius 1 is 1.46 bits per heavy atom. The minimum absolute atomic E-state index is 0.0128. The Labute approximate surface area is 138 Å². The number of carbonyl (C=O) groups is 1. The zero-order valence-electron chi connectivity index (χ0n) is 13.2. The average molecular weight is 340 g/mol. The predicted octanol–water partition coefficient (Wildman–Crippen LogP) is 2.47. The Morgan fingerprint density at radius 2 is 2.17 bits per heavy atom. The third-order valence-electron chi connectivity index (χ3n) is 3.72. The van der Waals surface area contributed by atoms with E-state index in [9.17, 15) is 23.1 Å². The van der Waals surface area contributed by atoms with Crippen LogP contribution in [0.2, 0.25) is 0 Å². The number of aliphatic hydroxyl groups is 1. The van der Waals surface area contributed by atoms with Gasteiger partial charge < -0.3 is 15.3 Å². The van der Waals surface area contributed by atoms with E-state index in [-0.39, 0.29) is 30.6 Å².